The molecule has 0 amide bonds. The molecule has 3 rings (SSSR count). The number of piperazine rings is 1. The van der Waals surface area contributed by atoms with Gasteiger partial charge in [-0.05, 0) is 37.8 Å². The zero-order chi connectivity index (χ0) is 21.9. The lowest BCUT2D eigenvalue weighted by Crippen LogP contribution is -2.48. The molecule has 2 N–H and O–H groups in total. The van der Waals surface area contributed by atoms with Gasteiger partial charge in [0.2, 0.25) is 0 Å². The second-order valence-corrected chi connectivity index (χ2v) is 10.8. The zero-order valence-corrected chi connectivity index (χ0v) is 22.9. The molecule has 0 bridgehead atoms. The van der Waals surface area contributed by atoms with Crippen molar-refractivity contribution in [3.05, 3.63) is 35.9 Å². The average molecular weight is 576 g/mol. The van der Waals surface area contributed by atoms with E-state index in [1.54, 1.807) is 0 Å². The molecule has 8 heteroatoms. The summed E-state index contributed by atoms with van der Waals surface area (Å²) in [5.74, 6) is 1.66. The third-order valence-corrected chi connectivity index (χ3v) is 8.25. The first-order valence-electron chi connectivity index (χ1n) is 12.0. The normalized spacial score (nSPS) is 23.9. The van der Waals surface area contributed by atoms with Crippen LogP contribution in [0.5, 0.6) is 0 Å². The molecule has 1 saturated carbocycles. The van der Waals surface area contributed by atoms with Crippen molar-refractivity contribution in [3.8, 4) is 0 Å². The van der Waals surface area contributed by atoms with Gasteiger partial charge in [0, 0.05) is 74.2 Å². The Morgan fingerprint density at radius 3 is 2.53 bits per heavy atom. The molecule has 0 aromatic heterocycles. The highest BCUT2D eigenvalue weighted by Gasteiger charge is 2.26. The van der Waals surface area contributed by atoms with Gasteiger partial charge in [-0.15, -0.1) is 24.0 Å². The summed E-state index contributed by atoms with van der Waals surface area (Å²) in [4.78, 5) is 9.53. The van der Waals surface area contributed by atoms with Gasteiger partial charge in [-0.2, -0.15) is 0 Å². The molecule has 1 aliphatic heterocycles. The van der Waals surface area contributed by atoms with Gasteiger partial charge in [0.15, 0.2) is 5.96 Å². The minimum Gasteiger partial charge on any atom is -0.356 e. The predicted octanol–water partition coefficient (Wildman–Crippen LogP) is 3.06. The number of benzene rings is 1. The number of rotatable bonds is 9. The van der Waals surface area contributed by atoms with E-state index in [4.69, 9.17) is 0 Å². The average Bonchev–Trinajstić information content (AvgIpc) is 2.82. The van der Waals surface area contributed by atoms with Gasteiger partial charge >= 0.3 is 0 Å². The minimum atomic E-state index is -0.684. The van der Waals surface area contributed by atoms with Gasteiger partial charge in [0.25, 0.3) is 0 Å². The summed E-state index contributed by atoms with van der Waals surface area (Å²) in [6, 6.07) is 11.2. The van der Waals surface area contributed by atoms with Crippen molar-refractivity contribution in [3.63, 3.8) is 0 Å². The summed E-state index contributed by atoms with van der Waals surface area (Å²) >= 11 is 0. The van der Waals surface area contributed by atoms with Crippen molar-refractivity contribution in [1.82, 2.24) is 20.4 Å². The maximum Gasteiger partial charge on any atom is 0.191 e. The Labute approximate surface area is 214 Å². The maximum absolute atomic E-state index is 12.2. The van der Waals surface area contributed by atoms with Crippen molar-refractivity contribution in [1.29, 1.82) is 0 Å². The fraction of sp³-hybridized carbons (Fsp3) is 0.708. The molecule has 1 aliphatic carbocycles. The van der Waals surface area contributed by atoms with E-state index in [9.17, 15) is 4.21 Å². The van der Waals surface area contributed by atoms with E-state index in [1.807, 2.05) is 14.0 Å². The monoisotopic (exact) mass is 575 g/mol. The van der Waals surface area contributed by atoms with Gasteiger partial charge < -0.3 is 15.5 Å². The Morgan fingerprint density at radius 1 is 1.12 bits per heavy atom. The molecule has 2 aliphatic rings. The van der Waals surface area contributed by atoms with Gasteiger partial charge in [0.1, 0.15) is 0 Å². The molecule has 3 atom stereocenters. The van der Waals surface area contributed by atoms with Crippen LogP contribution in [0.15, 0.2) is 35.3 Å². The first kappa shape index (κ1) is 27.5. The van der Waals surface area contributed by atoms with Crippen LogP contribution in [0.25, 0.3) is 0 Å². The Hall–Kier alpha value is -0.710. The van der Waals surface area contributed by atoms with E-state index in [2.05, 4.69) is 55.8 Å². The van der Waals surface area contributed by atoms with E-state index in [-0.39, 0.29) is 24.0 Å². The number of aliphatic imine (C=N–C) groups is 1. The van der Waals surface area contributed by atoms with E-state index in [0.29, 0.717) is 11.3 Å². The van der Waals surface area contributed by atoms with Crippen LogP contribution in [-0.2, 0) is 17.3 Å². The van der Waals surface area contributed by atoms with Crippen LogP contribution in [0.1, 0.15) is 44.6 Å². The first-order chi connectivity index (χ1) is 15.2. The van der Waals surface area contributed by atoms with Crippen LogP contribution in [0.2, 0.25) is 0 Å². The van der Waals surface area contributed by atoms with Gasteiger partial charge in [-0.25, -0.2) is 0 Å². The highest BCUT2D eigenvalue weighted by molar-refractivity contribution is 14.0. The second-order valence-electron chi connectivity index (χ2n) is 8.76. The number of nitrogens with zero attached hydrogens (tertiary/aromatic N) is 3. The predicted molar refractivity (Wildman–Crippen MR) is 147 cm³/mol. The number of halogens is 1. The lowest BCUT2D eigenvalue weighted by atomic mass is 9.95. The molecule has 0 spiro atoms. The largest absolute Gasteiger partial charge is 0.356 e. The Morgan fingerprint density at radius 2 is 1.84 bits per heavy atom. The fourth-order valence-corrected chi connectivity index (χ4v) is 6.01. The van der Waals surface area contributed by atoms with Crippen LogP contribution in [0.4, 0.5) is 0 Å². The van der Waals surface area contributed by atoms with E-state index in [1.165, 1.54) is 5.56 Å². The zero-order valence-electron chi connectivity index (χ0n) is 19.8. The van der Waals surface area contributed by atoms with Gasteiger partial charge in [0.05, 0.1) is 0 Å². The van der Waals surface area contributed by atoms with Crippen molar-refractivity contribution in [2.24, 2.45) is 4.99 Å². The molecular weight excluding hydrogens is 533 g/mol. The van der Waals surface area contributed by atoms with E-state index < -0.39 is 10.8 Å². The summed E-state index contributed by atoms with van der Waals surface area (Å²) in [5.41, 5.74) is 1.41. The molecule has 3 unspecified atom stereocenters. The Kier molecular flexibility index (Phi) is 13.1. The van der Waals surface area contributed by atoms with Crippen LogP contribution < -0.4 is 10.6 Å². The van der Waals surface area contributed by atoms with Crippen molar-refractivity contribution >= 4 is 40.7 Å². The number of hydrogen-bond acceptors (Lipinski definition) is 4. The van der Waals surface area contributed by atoms with E-state index in [0.717, 1.165) is 89.6 Å². The standard InChI is InChI=1S/C24H41N5OS.HI/c1-3-31(30)23-12-7-11-22(19-23)27-24(25-2)26-13-8-14-28-15-17-29(18-16-28)20-21-9-5-4-6-10-21;/h4-6,9-10,22-23H,3,7-8,11-20H2,1-2H3,(H2,25,26,27);1H. The molecule has 0 radical (unpaired) electrons. The maximum atomic E-state index is 12.2. The summed E-state index contributed by atoms with van der Waals surface area (Å²) < 4.78 is 12.2. The SMILES string of the molecule is CCS(=O)C1CCCC(NC(=NC)NCCCN2CCN(Cc3ccccc3)CC2)C1.I. The number of nitrogens with one attached hydrogen (secondary N) is 2. The number of guanidine groups is 1. The third kappa shape index (κ3) is 9.27. The molecule has 1 aromatic carbocycles. The molecule has 1 saturated heterocycles. The first-order valence-corrected chi connectivity index (χ1v) is 13.4. The van der Waals surface area contributed by atoms with E-state index >= 15 is 0 Å². The van der Waals surface area contributed by atoms with Crippen molar-refractivity contribution in [2.45, 2.75) is 56.9 Å². The van der Waals surface area contributed by atoms with Crippen molar-refractivity contribution in [2.75, 3.05) is 52.1 Å². The van der Waals surface area contributed by atoms with Crippen LogP contribution >= 0.6 is 24.0 Å². The lowest BCUT2D eigenvalue weighted by molar-refractivity contribution is 0.126. The van der Waals surface area contributed by atoms with Gasteiger partial charge in [-0.3, -0.25) is 14.1 Å². The van der Waals surface area contributed by atoms with Crippen LogP contribution in [0.3, 0.4) is 0 Å². The Balaban J connectivity index is 0.00000363. The topological polar surface area (TPSA) is 60.0 Å². The molecule has 182 valence electrons. The van der Waals surface area contributed by atoms with Crippen LogP contribution in [-0.4, -0.2) is 83.3 Å². The summed E-state index contributed by atoms with van der Waals surface area (Å²) in [5, 5.41) is 7.39. The molecule has 6 nitrogen and oxygen atoms in total. The molecule has 1 heterocycles. The molecule has 32 heavy (non-hydrogen) atoms. The van der Waals surface area contributed by atoms with Gasteiger partial charge in [-0.1, -0.05) is 43.7 Å². The summed E-state index contributed by atoms with van der Waals surface area (Å²) in [6.45, 7) is 9.74. The third-order valence-electron chi connectivity index (χ3n) is 6.50. The van der Waals surface area contributed by atoms with Crippen molar-refractivity contribution < 1.29 is 4.21 Å². The molecule has 2 fully saturated rings. The summed E-state index contributed by atoms with van der Waals surface area (Å²) in [6.07, 6.45) is 5.51. The molecular formula is C24H42IN5OS. The highest BCUT2D eigenvalue weighted by Crippen LogP contribution is 2.23. The quantitative estimate of drug-likeness (QED) is 0.205. The fourth-order valence-electron chi connectivity index (χ4n) is 4.66. The number of hydrogen-bond donors (Lipinski definition) is 2. The van der Waals surface area contributed by atoms with Crippen LogP contribution in [0, 0.1) is 0 Å². The second kappa shape index (κ2) is 15.2. The molecule has 1 aromatic rings. The smallest absolute Gasteiger partial charge is 0.191 e. The minimum absolute atomic E-state index is 0. The lowest BCUT2D eigenvalue weighted by Gasteiger charge is -2.34. The Bertz CT molecular complexity index is 697. The highest BCUT2D eigenvalue weighted by atomic mass is 127. The summed E-state index contributed by atoms with van der Waals surface area (Å²) in [7, 11) is 1.15.